The fraction of sp³-hybridized carbons (Fsp3) is 0.353. The molecule has 0 unspecified atom stereocenters. The van der Waals surface area contributed by atoms with E-state index in [1.54, 1.807) is 22.9 Å². The molecule has 9 nitrogen and oxygen atoms in total. The van der Waals surface area contributed by atoms with Gasteiger partial charge in [0, 0.05) is 42.4 Å². The molecule has 0 radical (unpaired) electrons. The first-order valence-corrected chi connectivity index (χ1v) is 9.25. The molecule has 3 N–H and O–H groups in total. The molecule has 0 atom stereocenters. The van der Waals surface area contributed by atoms with Crippen molar-refractivity contribution in [2.45, 2.75) is 31.7 Å². The number of aromatic nitrogens is 6. The van der Waals surface area contributed by atoms with E-state index in [9.17, 15) is 4.79 Å². The fourth-order valence-corrected chi connectivity index (χ4v) is 3.52. The van der Waals surface area contributed by atoms with Crippen LogP contribution in [0.15, 0.2) is 18.2 Å². The van der Waals surface area contributed by atoms with Gasteiger partial charge < -0.3 is 10.6 Å². The molecule has 1 amide bonds. The molecule has 1 fully saturated rings. The number of carbonyl (C=O) groups excluding carboxylic acids is 1. The van der Waals surface area contributed by atoms with Gasteiger partial charge in [0.15, 0.2) is 11.5 Å². The maximum absolute atomic E-state index is 12.7. The molecule has 1 saturated carbocycles. The molecule has 1 aromatic carbocycles. The monoisotopic (exact) mass is 384 g/mol. The number of aromatic amines is 1. The van der Waals surface area contributed by atoms with Gasteiger partial charge in [-0.25, -0.2) is 0 Å². The number of nitrogens with zero attached hydrogens (tertiary/aromatic N) is 5. The lowest BCUT2D eigenvalue weighted by molar-refractivity contribution is 0.102. The van der Waals surface area contributed by atoms with Crippen LogP contribution in [0.5, 0.6) is 0 Å². The molecule has 27 heavy (non-hydrogen) atoms. The van der Waals surface area contributed by atoms with Crippen molar-refractivity contribution < 1.29 is 4.79 Å². The number of nitrogens with one attached hydrogen (secondary N) is 3. The van der Waals surface area contributed by atoms with Crippen LogP contribution in [0.4, 0.5) is 5.69 Å². The van der Waals surface area contributed by atoms with Gasteiger partial charge in [-0.2, -0.15) is 9.78 Å². The number of tetrazole rings is 1. The average Bonchev–Trinajstić information content (AvgIpc) is 3.25. The highest BCUT2D eigenvalue weighted by molar-refractivity contribution is 6.32. The lowest BCUT2D eigenvalue weighted by atomic mass is 10.1. The van der Waals surface area contributed by atoms with Crippen LogP contribution in [0.1, 0.15) is 46.3 Å². The first-order valence-electron chi connectivity index (χ1n) is 8.87. The topological polar surface area (TPSA) is 113 Å². The third-order valence-electron chi connectivity index (χ3n) is 4.89. The highest BCUT2D eigenvalue weighted by Crippen LogP contribution is 2.40. The van der Waals surface area contributed by atoms with Crippen molar-refractivity contribution in [1.29, 1.82) is 0 Å². The van der Waals surface area contributed by atoms with Gasteiger partial charge in [-0.1, -0.05) is 11.6 Å². The molecular formula is C17H17ClN8O. The zero-order valence-corrected chi connectivity index (χ0v) is 15.1. The number of amides is 1. The number of halogens is 1. The minimum Gasteiger partial charge on any atom is -0.321 e. The van der Waals surface area contributed by atoms with Crippen LogP contribution in [-0.4, -0.2) is 42.9 Å². The third kappa shape index (κ3) is 2.98. The molecule has 2 aliphatic rings. The predicted molar refractivity (Wildman–Crippen MR) is 98.1 cm³/mol. The standard InChI is InChI=1S/C17H17ClN8O/c18-12-4-3-10(7-14(12)26-16(9-1-2-9)23-24-25-26)20-17(27)15-11-8-19-6-5-13(11)21-22-15/h3-4,7,9,19H,1-2,5-6,8H2,(H,20,27)(H,21,22). The van der Waals surface area contributed by atoms with Crippen molar-refractivity contribution in [3.8, 4) is 5.69 Å². The number of H-pyrrole nitrogens is 1. The number of hydrogen-bond donors (Lipinski definition) is 3. The van der Waals surface area contributed by atoms with Crippen molar-refractivity contribution >= 4 is 23.2 Å². The zero-order valence-electron chi connectivity index (χ0n) is 14.4. The lowest BCUT2D eigenvalue weighted by Gasteiger charge is -2.13. The lowest BCUT2D eigenvalue weighted by Crippen LogP contribution is -2.25. The number of carbonyl (C=O) groups is 1. The largest absolute Gasteiger partial charge is 0.321 e. The summed E-state index contributed by atoms with van der Waals surface area (Å²) in [5.74, 6) is 0.911. The SMILES string of the molecule is O=C(Nc1ccc(Cl)c(-n2nnnc2C2CC2)c1)c1n[nH]c2c1CNCC2. The number of benzene rings is 1. The van der Waals surface area contributed by atoms with E-state index in [4.69, 9.17) is 11.6 Å². The minimum atomic E-state index is -0.261. The Bertz CT molecular complexity index is 1020. The molecule has 0 saturated heterocycles. The first-order chi connectivity index (χ1) is 13.2. The van der Waals surface area contributed by atoms with E-state index in [0.29, 0.717) is 34.6 Å². The molecule has 3 heterocycles. The molecule has 1 aliphatic heterocycles. The second-order valence-corrected chi connectivity index (χ2v) is 7.21. The summed E-state index contributed by atoms with van der Waals surface area (Å²) in [5, 5.41) is 25.8. The van der Waals surface area contributed by atoms with Gasteiger partial charge in [0.1, 0.15) is 0 Å². The second kappa shape index (κ2) is 6.43. The molecule has 2 aromatic heterocycles. The Kier molecular flexibility index (Phi) is 3.91. The average molecular weight is 385 g/mol. The number of anilines is 1. The number of rotatable bonds is 4. The van der Waals surface area contributed by atoms with Crippen molar-refractivity contribution in [2.75, 3.05) is 11.9 Å². The Morgan fingerprint density at radius 1 is 1.33 bits per heavy atom. The predicted octanol–water partition coefficient (Wildman–Crippen LogP) is 1.81. The molecule has 0 spiro atoms. The minimum absolute atomic E-state index is 0.261. The molecule has 5 rings (SSSR count). The summed E-state index contributed by atoms with van der Waals surface area (Å²) in [7, 11) is 0. The van der Waals surface area contributed by atoms with Gasteiger partial charge in [-0.15, -0.1) is 5.10 Å². The summed E-state index contributed by atoms with van der Waals surface area (Å²) in [6.07, 6.45) is 2.99. The summed E-state index contributed by atoms with van der Waals surface area (Å²) in [6, 6.07) is 5.26. The Morgan fingerprint density at radius 2 is 2.22 bits per heavy atom. The van der Waals surface area contributed by atoms with E-state index in [2.05, 4.69) is 36.4 Å². The van der Waals surface area contributed by atoms with Gasteiger partial charge in [-0.05, 0) is 41.5 Å². The van der Waals surface area contributed by atoms with E-state index < -0.39 is 0 Å². The normalized spacial score (nSPS) is 16.2. The van der Waals surface area contributed by atoms with Crippen molar-refractivity contribution in [3.63, 3.8) is 0 Å². The van der Waals surface area contributed by atoms with Crippen LogP contribution in [0.25, 0.3) is 5.69 Å². The van der Waals surface area contributed by atoms with Gasteiger partial charge in [-0.3, -0.25) is 9.89 Å². The first kappa shape index (κ1) is 16.4. The highest BCUT2D eigenvalue weighted by Gasteiger charge is 2.30. The van der Waals surface area contributed by atoms with Gasteiger partial charge in [0.05, 0.1) is 10.7 Å². The van der Waals surface area contributed by atoms with Crippen molar-refractivity contribution in [3.05, 3.63) is 46.0 Å². The Morgan fingerprint density at radius 3 is 3.07 bits per heavy atom. The van der Waals surface area contributed by atoms with Crippen LogP contribution in [-0.2, 0) is 13.0 Å². The van der Waals surface area contributed by atoms with Gasteiger partial charge in [0.25, 0.3) is 5.91 Å². The van der Waals surface area contributed by atoms with E-state index >= 15 is 0 Å². The smallest absolute Gasteiger partial charge is 0.276 e. The molecule has 10 heteroatoms. The summed E-state index contributed by atoms with van der Waals surface area (Å²) in [5.41, 5.74) is 3.60. The zero-order chi connectivity index (χ0) is 18.4. The van der Waals surface area contributed by atoms with E-state index in [1.165, 1.54) is 0 Å². The maximum Gasteiger partial charge on any atom is 0.276 e. The van der Waals surface area contributed by atoms with Crippen LogP contribution >= 0.6 is 11.6 Å². The van der Waals surface area contributed by atoms with Crippen LogP contribution in [0, 0.1) is 0 Å². The van der Waals surface area contributed by atoms with Crippen molar-refractivity contribution in [1.82, 2.24) is 35.7 Å². The molecule has 3 aromatic rings. The van der Waals surface area contributed by atoms with E-state index in [-0.39, 0.29) is 5.91 Å². The van der Waals surface area contributed by atoms with Crippen LogP contribution < -0.4 is 10.6 Å². The summed E-state index contributed by atoms with van der Waals surface area (Å²) in [6.45, 7) is 1.52. The van der Waals surface area contributed by atoms with Gasteiger partial charge in [0.2, 0.25) is 0 Å². The summed E-state index contributed by atoms with van der Waals surface area (Å²) < 4.78 is 1.65. The summed E-state index contributed by atoms with van der Waals surface area (Å²) in [4.78, 5) is 12.7. The van der Waals surface area contributed by atoms with E-state index in [0.717, 1.165) is 42.9 Å². The second-order valence-electron chi connectivity index (χ2n) is 6.80. The fourth-order valence-electron chi connectivity index (χ4n) is 3.32. The number of fused-ring (bicyclic) bond motifs is 1. The Balaban J connectivity index is 1.43. The Hall–Kier alpha value is -2.78. The highest BCUT2D eigenvalue weighted by atomic mass is 35.5. The molecule has 138 valence electrons. The van der Waals surface area contributed by atoms with Crippen molar-refractivity contribution in [2.24, 2.45) is 0 Å². The maximum atomic E-state index is 12.7. The van der Waals surface area contributed by atoms with E-state index in [1.807, 2.05) is 0 Å². The molecule has 0 bridgehead atoms. The van der Waals surface area contributed by atoms with Gasteiger partial charge >= 0.3 is 0 Å². The quantitative estimate of drug-likeness (QED) is 0.632. The van der Waals surface area contributed by atoms with Crippen LogP contribution in [0.3, 0.4) is 0 Å². The van der Waals surface area contributed by atoms with Crippen LogP contribution in [0.2, 0.25) is 5.02 Å². The summed E-state index contributed by atoms with van der Waals surface area (Å²) >= 11 is 6.36. The molecule has 1 aliphatic carbocycles. The number of hydrogen-bond acceptors (Lipinski definition) is 6. The third-order valence-corrected chi connectivity index (χ3v) is 5.21. The molecular weight excluding hydrogens is 368 g/mol. The Labute approximate surface area is 159 Å².